The van der Waals surface area contributed by atoms with E-state index in [-0.39, 0.29) is 18.1 Å². The lowest BCUT2D eigenvalue weighted by Gasteiger charge is -2.04. The highest BCUT2D eigenvalue weighted by atomic mass is 16.6. The number of benzene rings is 1. The Morgan fingerprint density at radius 3 is 2.11 bits per heavy atom. The van der Waals surface area contributed by atoms with Crippen molar-refractivity contribution in [3.63, 3.8) is 0 Å². The summed E-state index contributed by atoms with van der Waals surface area (Å²) in [6.07, 6.45) is 0. The molecule has 18 heavy (non-hydrogen) atoms. The molecule has 0 amide bonds. The first-order chi connectivity index (χ1) is 8.58. The van der Waals surface area contributed by atoms with Crippen LogP contribution in [0.3, 0.4) is 0 Å². The molecule has 1 aromatic rings. The molecule has 0 atom stereocenters. The van der Waals surface area contributed by atoms with E-state index in [0.29, 0.717) is 5.56 Å². The number of carbonyl (C=O) groups excluding carboxylic acids is 2. The highest BCUT2D eigenvalue weighted by Gasteiger charge is 2.11. The molecule has 0 aromatic heterocycles. The van der Waals surface area contributed by atoms with Gasteiger partial charge < -0.3 is 14.7 Å². The Balaban J connectivity index is 2.76. The fourth-order valence-corrected chi connectivity index (χ4v) is 1.17. The number of oxime groups is 1. The average molecular weight is 251 g/mol. The second-order valence-electron chi connectivity index (χ2n) is 3.31. The van der Waals surface area contributed by atoms with E-state index in [2.05, 4.69) is 9.89 Å². The number of ether oxygens (including phenoxy) is 2. The van der Waals surface area contributed by atoms with Gasteiger partial charge in [0.2, 0.25) is 5.90 Å². The lowest BCUT2D eigenvalue weighted by atomic mass is 10.1. The zero-order valence-corrected chi connectivity index (χ0v) is 10.0. The van der Waals surface area contributed by atoms with Crippen molar-refractivity contribution in [2.24, 2.45) is 5.16 Å². The summed E-state index contributed by atoms with van der Waals surface area (Å²) in [5, 5.41) is 11.1. The lowest BCUT2D eigenvalue weighted by Crippen LogP contribution is -2.10. The minimum absolute atomic E-state index is 0.158. The number of carbonyl (C=O) groups is 2. The van der Waals surface area contributed by atoms with Crippen molar-refractivity contribution in [1.82, 2.24) is 0 Å². The van der Waals surface area contributed by atoms with E-state index in [0.717, 1.165) is 0 Å². The smallest absolute Gasteiger partial charge is 0.344 e. The van der Waals surface area contributed by atoms with Crippen LogP contribution in [0.15, 0.2) is 29.4 Å². The summed E-state index contributed by atoms with van der Waals surface area (Å²) in [5.41, 5.74) is 0.590. The van der Waals surface area contributed by atoms with Crippen LogP contribution < -0.4 is 0 Å². The van der Waals surface area contributed by atoms with Crippen LogP contribution in [-0.2, 0) is 9.47 Å². The molecule has 0 aliphatic heterocycles. The fourth-order valence-electron chi connectivity index (χ4n) is 1.17. The van der Waals surface area contributed by atoms with Crippen molar-refractivity contribution in [3.8, 4) is 0 Å². The molecule has 1 aromatic carbocycles. The molecule has 0 aliphatic carbocycles. The van der Waals surface area contributed by atoms with Crippen molar-refractivity contribution in [2.75, 3.05) is 6.61 Å². The van der Waals surface area contributed by atoms with Crippen LogP contribution in [0.1, 0.15) is 34.6 Å². The van der Waals surface area contributed by atoms with E-state index in [9.17, 15) is 9.59 Å². The van der Waals surface area contributed by atoms with Gasteiger partial charge in [-0.1, -0.05) is 5.16 Å². The molecule has 0 aliphatic rings. The van der Waals surface area contributed by atoms with Crippen LogP contribution in [0.5, 0.6) is 0 Å². The van der Waals surface area contributed by atoms with Gasteiger partial charge in [-0.15, -0.1) is 0 Å². The van der Waals surface area contributed by atoms with Gasteiger partial charge in [0.05, 0.1) is 17.7 Å². The van der Waals surface area contributed by atoms with Gasteiger partial charge in [-0.3, -0.25) is 0 Å². The maximum Gasteiger partial charge on any atom is 0.344 e. The zero-order chi connectivity index (χ0) is 13.5. The fraction of sp³-hybridized carbons (Fsp3) is 0.250. The van der Waals surface area contributed by atoms with Crippen LogP contribution in [0.2, 0.25) is 0 Å². The Bertz CT molecular complexity index is 464. The molecule has 6 nitrogen and oxygen atoms in total. The topological polar surface area (TPSA) is 85.2 Å². The maximum atomic E-state index is 11.5. The number of nitrogens with zero attached hydrogens (tertiary/aromatic N) is 1. The molecule has 0 radical (unpaired) electrons. The van der Waals surface area contributed by atoms with Gasteiger partial charge in [-0.2, -0.15) is 0 Å². The molecular formula is C12H13NO5. The summed E-state index contributed by atoms with van der Waals surface area (Å²) in [6, 6.07) is 5.78. The molecule has 1 rings (SSSR count). The minimum atomic E-state index is -0.666. The molecule has 0 unspecified atom stereocenters. The highest BCUT2D eigenvalue weighted by molar-refractivity contribution is 5.98. The van der Waals surface area contributed by atoms with Crippen LogP contribution in [-0.4, -0.2) is 29.7 Å². The van der Waals surface area contributed by atoms with E-state index < -0.39 is 11.9 Å². The van der Waals surface area contributed by atoms with Gasteiger partial charge in [0.1, 0.15) is 0 Å². The van der Waals surface area contributed by atoms with E-state index >= 15 is 0 Å². The van der Waals surface area contributed by atoms with Gasteiger partial charge in [-0.05, 0) is 31.2 Å². The maximum absolute atomic E-state index is 11.5. The first-order valence-electron chi connectivity index (χ1n) is 5.26. The van der Waals surface area contributed by atoms with E-state index in [1.54, 1.807) is 6.92 Å². The first-order valence-corrected chi connectivity index (χ1v) is 5.26. The van der Waals surface area contributed by atoms with Crippen LogP contribution >= 0.6 is 0 Å². The van der Waals surface area contributed by atoms with E-state index in [1.165, 1.54) is 31.2 Å². The summed E-state index contributed by atoms with van der Waals surface area (Å²) in [5.74, 6) is -1.28. The molecular weight excluding hydrogens is 238 g/mol. The van der Waals surface area contributed by atoms with Crippen molar-refractivity contribution in [3.05, 3.63) is 35.4 Å². The van der Waals surface area contributed by atoms with Crippen LogP contribution in [0, 0.1) is 0 Å². The van der Waals surface area contributed by atoms with E-state index in [1.807, 2.05) is 0 Å². The highest BCUT2D eigenvalue weighted by Crippen LogP contribution is 2.07. The molecule has 0 heterocycles. The second-order valence-corrected chi connectivity index (χ2v) is 3.31. The van der Waals surface area contributed by atoms with Crippen molar-refractivity contribution in [1.29, 1.82) is 0 Å². The summed E-state index contributed by atoms with van der Waals surface area (Å²) in [7, 11) is 0. The van der Waals surface area contributed by atoms with Crippen molar-refractivity contribution >= 4 is 17.8 Å². The lowest BCUT2D eigenvalue weighted by molar-refractivity contribution is 0.0525. The Labute approximate surface area is 104 Å². The summed E-state index contributed by atoms with van der Waals surface area (Å²) in [6.45, 7) is 3.33. The summed E-state index contributed by atoms with van der Waals surface area (Å²) < 4.78 is 9.48. The monoisotopic (exact) mass is 251 g/mol. The molecule has 0 saturated carbocycles. The molecule has 0 saturated heterocycles. The van der Waals surface area contributed by atoms with Gasteiger partial charge >= 0.3 is 11.9 Å². The van der Waals surface area contributed by atoms with Crippen molar-refractivity contribution < 1.29 is 24.3 Å². The first kappa shape index (κ1) is 13.7. The van der Waals surface area contributed by atoms with Gasteiger partial charge in [0, 0.05) is 6.92 Å². The number of esters is 2. The Morgan fingerprint density at radius 1 is 1.17 bits per heavy atom. The third-order valence-electron chi connectivity index (χ3n) is 2.01. The molecule has 1 N–H and O–H groups in total. The average Bonchev–Trinajstić information content (AvgIpc) is 2.39. The third kappa shape index (κ3) is 3.58. The van der Waals surface area contributed by atoms with Crippen molar-refractivity contribution in [2.45, 2.75) is 13.8 Å². The normalized spacial score (nSPS) is 10.9. The van der Waals surface area contributed by atoms with Crippen LogP contribution in [0.25, 0.3) is 0 Å². The molecule has 0 fully saturated rings. The SMILES string of the molecule is CCOC(=O)c1ccc(C(=O)OC(C)=NO)cc1. The summed E-state index contributed by atoms with van der Waals surface area (Å²) in [4.78, 5) is 22.8. The third-order valence-corrected chi connectivity index (χ3v) is 2.01. The number of hydrogen-bond acceptors (Lipinski definition) is 6. The predicted molar refractivity (Wildman–Crippen MR) is 62.7 cm³/mol. The standard InChI is InChI=1S/C12H13NO5/c1-3-17-11(14)9-4-6-10(7-5-9)12(15)18-8(2)13-16/h4-7,16H,3H2,1-2H3. The molecule has 96 valence electrons. The van der Waals surface area contributed by atoms with E-state index in [4.69, 9.17) is 9.94 Å². The Kier molecular flexibility index (Phi) is 4.86. The quantitative estimate of drug-likeness (QED) is 0.291. The molecule has 0 bridgehead atoms. The second kappa shape index (κ2) is 6.39. The molecule has 6 heteroatoms. The zero-order valence-electron chi connectivity index (χ0n) is 10.0. The van der Waals surface area contributed by atoms with Gasteiger partial charge in [-0.25, -0.2) is 9.59 Å². The summed E-state index contributed by atoms with van der Waals surface area (Å²) >= 11 is 0. The Hall–Kier alpha value is -2.37. The minimum Gasteiger partial charge on any atom is -0.462 e. The number of rotatable bonds is 3. The van der Waals surface area contributed by atoms with Gasteiger partial charge in [0.15, 0.2) is 0 Å². The van der Waals surface area contributed by atoms with Crippen LogP contribution in [0.4, 0.5) is 0 Å². The predicted octanol–water partition coefficient (Wildman–Crippen LogP) is 1.83. The van der Waals surface area contributed by atoms with Gasteiger partial charge in [0.25, 0.3) is 0 Å². The largest absolute Gasteiger partial charge is 0.462 e. The number of hydrogen-bond donors (Lipinski definition) is 1. The Morgan fingerprint density at radius 2 is 1.67 bits per heavy atom. The molecule has 0 spiro atoms.